The van der Waals surface area contributed by atoms with Crippen LogP contribution in [0.1, 0.15) is 13.7 Å². The Labute approximate surface area is 234 Å². The molecule has 0 amide bonds. The van der Waals surface area contributed by atoms with Gasteiger partial charge >= 0.3 is 0 Å². The molecule has 0 bridgehead atoms. The molecule has 0 aliphatic carbocycles. The highest BCUT2D eigenvalue weighted by atomic mass is 15.0. The predicted octanol–water partition coefficient (Wildman–Crippen LogP) is 9.55. The van der Waals surface area contributed by atoms with E-state index in [1.807, 2.05) is 54.6 Å². The fourth-order valence-corrected chi connectivity index (χ4v) is 5.37. The lowest BCUT2D eigenvalue weighted by Crippen LogP contribution is -1.95. The summed E-state index contributed by atoms with van der Waals surface area (Å²) in [5, 5.41) is 0.522. The van der Waals surface area contributed by atoms with Crippen molar-refractivity contribution in [3.63, 3.8) is 0 Å². The molecule has 6 aromatic carbocycles. The van der Waals surface area contributed by atoms with Crippen LogP contribution in [0, 0.1) is 0 Å². The highest BCUT2D eigenvalue weighted by Crippen LogP contribution is 2.42. The summed E-state index contributed by atoms with van der Waals surface area (Å²) in [5.74, 6) is 0. The molecule has 0 N–H and O–H groups in total. The Bertz CT molecular complexity index is 2660. The molecule has 178 valence electrons. The zero-order valence-corrected chi connectivity index (χ0v) is 20.0. The first-order valence-electron chi connectivity index (χ1n) is 17.2. The van der Waals surface area contributed by atoms with Crippen molar-refractivity contribution in [3.05, 3.63) is 145 Å². The van der Waals surface area contributed by atoms with Crippen LogP contribution < -0.4 is 0 Å². The first kappa shape index (κ1) is 13.5. The highest BCUT2D eigenvalue weighted by molar-refractivity contribution is 6.26. The molecule has 2 heterocycles. The van der Waals surface area contributed by atoms with E-state index >= 15 is 0 Å². The molecule has 0 saturated heterocycles. The Morgan fingerprint density at radius 2 is 1.08 bits per heavy atom. The van der Waals surface area contributed by atoms with Gasteiger partial charge in [-0.25, -0.2) is 0 Å². The molecule has 8 aromatic rings. The van der Waals surface area contributed by atoms with E-state index < -0.39 is 24.2 Å². The van der Waals surface area contributed by atoms with Gasteiger partial charge in [-0.15, -0.1) is 0 Å². The zero-order valence-electron chi connectivity index (χ0n) is 30.0. The van der Waals surface area contributed by atoms with Crippen LogP contribution in [0.3, 0.4) is 0 Å². The lowest BCUT2D eigenvalue weighted by atomic mass is 10.0. The van der Waals surface area contributed by atoms with Gasteiger partial charge in [0.2, 0.25) is 0 Å². The minimum atomic E-state index is -0.482. The molecule has 38 heavy (non-hydrogen) atoms. The van der Waals surface area contributed by atoms with Gasteiger partial charge in [0.1, 0.15) is 0 Å². The zero-order chi connectivity index (χ0) is 33.8. The van der Waals surface area contributed by atoms with Crippen LogP contribution >= 0.6 is 0 Å². The largest absolute Gasteiger partial charge is 0.309 e. The molecule has 0 aliphatic rings. The van der Waals surface area contributed by atoms with Gasteiger partial charge in [-0.05, 0) is 53.5 Å². The Balaban J connectivity index is 1.73. The van der Waals surface area contributed by atoms with E-state index in [1.54, 1.807) is 39.5 Å². The molecule has 0 spiro atoms. The van der Waals surface area contributed by atoms with Crippen LogP contribution in [-0.4, -0.2) is 9.13 Å². The number of aromatic nitrogens is 2. The van der Waals surface area contributed by atoms with Gasteiger partial charge < -0.3 is 9.13 Å². The van der Waals surface area contributed by atoms with E-state index in [-0.39, 0.29) is 79.9 Å². The Kier molecular flexibility index (Phi) is 2.91. The SMILES string of the molecule is [2H]c1c([2H])c([2H])c2c(c1[2H])c1c(c([2H])c([2H])c3c4c([2H])c([2H])c([2H])c([2H])c4n(-c4cccc(-c5ccccc5)c4)c31)n2-c1ccccc1. The summed E-state index contributed by atoms with van der Waals surface area (Å²) in [6.45, 7) is 0. The molecule has 2 aromatic heterocycles. The molecule has 0 radical (unpaired) electrons. The Morgan fingerprint density at radius 1 is 0.447 bits per heavy atom. The second-order valence-electron chi connectivity index (χ2n) is 9.07. The van der Waals surface area contributed by atoms with E-state index in [2.05, 4.69) is 0 Å². The van der Waals surface area contributed by atoms with Crippen molar-refractivity contribution in [3.8, 4) is 22.5 Å². The van der Waals surface area contributed by atoms with E-state index in [0.717, 1.165) is 11.1 Å². The third kappa shape index (κ3) is 3.01. The average molecular weight is 495 g/mol. The van der Waals surface area contributed by atoms with Crippen molar-refractivity contribution in [2.24, 2.45) is 0 Å². The van der Waals surface area contributed by atoms with Gasteiger partial charge in [-0.3, -0.25) is 0 Å². The molecule has 8 rings (SSSR count). The number of nitrogens with zero attached hydrogens (tertiary/aromatic N) is 2. The van der Waals surface area contributed by atoms with E-state index in [4.69, 9.17) is 11.0 Å². The van der Waals surface area contributed by atoms with E-state index in [0.29, 0.717) is 11.4 Å². The maximum Gasteiger partial charge on any atom is 0.0645 e. The normalized spacial score (nSPS) is 15.4. The minimum Gasteiger partial charge on any atom is -0.309 e. The van der Waals surface area contributed by atoms with Gasteiger partial charge in [0, 0.05) is 32.9 Å². The summed E-state index contributed by atoms with van der Waals surface area (Å²) in [4.78, 5) is 0. The lowest BCUT2D eigenvalue weighted by Gasteiger charge is -2.12. The molecule has 0 saturated carbocycles. The summed E-state index contributed by atoms with van der Waals surface area (Å²) in [5.41, 5.74) is 3.42. The Hall–Kier alpha value is -5.08. The van der Waals surface area contributed by atoms with Crippen molar-refractivity contribution in [1.29, 1.82) is 0 Å². The standard InChI is InChI=1S/C36H24N2/c1-3-12-25(13-4-1)26-14-11-17-28(24-26)38-32-20-9-7-18-29(32)30-22-23-34-35(36(30)38)31-19-8-10-21-33(31)37(34)27-15-5-2-6-16-27/h1-24H/i7D,8D,9D,10D,18D,19D,20D,21D,22D,23D. The van der Waals surface area contributed by atoms with Crippen LogP contribution in [0.25, 0.3) is 66.1 Å². The van der Waals surface area contributed by atoms with E-state index in [9.17, 15) is 2.74 Å². The fourth-order valence-electron chi connectivity index (χ4n) is 5.37. The molecule has 0 fully saturated rings. The number of hydrogen-bond donors (Lipinski definition) is 0. The number of para-hydroxylation sites is 3. The van der Waals surface area contributed by atoms with Crippen molar-refractivity contribution in [1.82, 2.24) is 9.13 Å². The summed E-state index contributed by atoms with van der Waals surface area (Å²) in [7, 11) is 0. The summed E-state index contributed by atoms with van der Waals surface area (Å²) in [6, 6.07) is 22.2. The number of benzene rings is 6. The summed E-state index contributed by atoms with van der Waals surface area (Å²) >= 11 is 0. The first-order valence-corrected chi connectivity index (χ1v) is 12.2. The maximum atomic E-state index is 9.39. The first-order chi connectivity index (χ1) is 23.0. The van der Waals surface area contributed by atoms with Crippen molar-refractivity contribution >= 4 is 43.6 Å². The van der Waals surface area contributed by atoms with Crippen LogP contribution in [0.4, 0.5) is 0 Å². The second kappa shape index (κ2) is 8.22. The molecule has 0 atom stereocenters. The number of rotatable bonds is 3. The van der Waals surface area contributed by atoms with Gasteiger partial charge in [0.15, 0.2) is 0 Å². The predicted molar refractivity (Wildman–Crippen MR) is 161 cm³/mol. The van der Waals surface area contributed by atoms with Crippen molar-refractivity contribution in [2.45, 2.75) is 0 Å². The van der Waals surface area contributed by atoms with Crippen LogP contribution in [0.5, 0.6) is 0 Å². The van der Waals surface area contributed by atoms with Gasteiger partial charge in [0.25, 0.3) is 0 Å². The van der Waals surface area contributed by atoms with Crippen LogP contribution in [0.15, 0.2) is 145 Å². The van der Waals surface area contributed by atoms with Crippen LogP contribution in [-0.2, 0) is 0 Å². The third-order valence-corrected chi connectivity index (χ3v) is 6.97. The number of hydrogen-bond acceptors (Lipinski definition) is 0. The smallest absolute Gasteiger partial charge is 0.0645 e. The number of fused-ring (bicyclic) bond motifs is 7. The maximum absolute atomic E-state index is 9.39. The van der Waals surface area contributed by atoms with Gasteiger partial charge in [-0.1, -0.05) is 103 Å². The summed E-state index contributed by atoms with van der Waals surface area (Å²) in [6.07, 6.45) is 0. The highest BCUT2D eigenvalue weighted by Gasteiger charge is 2.20. The monoisotopic (exact) mass is 494 g/mol. The molecular formula is C36H24N2. The molecule has 0 aliphatic heterocycles. The van der Waals surface area contributed by atoms with Crippen LogP contribution in [0.2, 0.25) is 0 Å². The minimum absolute atomic E-state index is 0.0583. The third-order valence-electron chi connectivity index (χ3n) is 6.97. The quantitative estimate of drug-likeness (QED) is 0.231. The van der Waals surface area contributed by atoms with Crippen molar-refractivity contribution < 1.29 is 13.7 Å². The molecular weight excluding hydrogens is 460 g/mol. The second-order valence-corrected chi connectivity index (χ2v) is 9.07. The van der Waals surface area contributed by atoms with E-state index in [1.165, 1.54) is 0 Å². The fraction of sp³-hybridized carbons (Fsp3) is 0. The molecule has 0 unspecified atom stereocenters. The Morgan fingerprint density at radius 3 is 1.87 bits per heavy atom. The average Bonchev–Trinajstić information content (AvgIpc) is 3.66. The molecule has 2 heteroatoms. The topological polar surface area (TPSA) is 9.86 Å². The van der Waals surface area contributed by atoms with Gasteiger partial charge in [0.05, 0.1) is 35.8 Å². The van der Waals surface area contributed by atoms with Gasteiger partial charge in [-0.2, -0.15) is 0 Å². The summed E-state index contributed by atoms with van der Waals surface area (Å²) < 4.78 is 92.6. The lowest BCUT2D eigenvalue weighted by molar-refractivity contribution is 1.17. The molecule has 2 nitrogen and oxygen atoms in total. The van der Waals surface area contributed by atoms with Crippen molar-refractivity contribution in [2.75, 3.05) is 0 Å².